The van der Waals surface area contributed by atoms with Gasteiger partial charge in [0.05, 0.1) is 5.56 Å². The molecule has 6 aromatic carbocycles. The highest BCUT2D eigenvalue weighted by Crippen LogP contribution is 2.35. The van der Waals surface area contributed by atoms with Gasteiger partial charge in [-0.3, -0.25) is 0 Å². The van der Waals surface area contributed by atoms with E-state index >= 15 is 0 Å². The molecule has 0 aliphatic carbocycles. The first-order chi connectivity index (χ1) is 19.1. The van der Waals surface area contributed by atoms with Crippen LogP contribution < -0.4 is 4.90 Å². The fourth-order valence-electron chi connectivity index (χ4n) is 5.08. The Labute approximate surface area is 229 Å². The van der Waals surface area contributed by atoms with Crippen molar-refractivity contribution in [3.05, 3.63) is 149 Å². The Morgan fingerprint density at radius 3 is 1.67 bits per heavy atom. The zero-order valence-electron chi connectivity index (χ0n) is 22.1. The standard InChI is InChI=1S/C37H28N2/c1-26-7-16-32(17-8-26)39(33-18-9-27(2)10-19-33)34-20-13-28(14-21-34)11-12-29-15-22-36-31(23-29)24-30-5-3-4-6-35(30)37(36)25-38/h3-24H,1-2H3. The second kappa shape index (κ2) is 10.3. The molecule has 0 bridgehead atoms. The van der Waals surface area contributed by atoms with E-state index in [1.54, 1.807) is 0 Å². The maximum atomic E-state index is 9.82. The molecule has 0 spiro atoms. The fourth-order valence-corrected chi connectivity index (χ4v) is 5.08. The number of nitrogens with zero attached hydrogens (tertiary/aromatic N) is 2. The van der Waals surface area contributed by atoms with Crippen LogP contribution in [0.3, 0.4) is 0 Å². The first-order valence-corrected chi connectivity index (χ1v) is 13.2. The molecule has 0 aliphatic rings. The summed E-state index contributed by atoms with van der Waals surface area (Å²) in [4.78, 5) is 2.28. The average Bonchev–Trinajstić information content (AvgIpc) is 2.97. The first kappa shape index (κ1) is 24.2. The van der Waals surface area contributed by atoms with Gasteiger partial charge in [0.1, 0.15) is 6.07 Å². The summed E-state index contributed by atoms with van der Waals surface area (Å²) in [6, 6.07) is 44.9. The molecule has 2 nitrogen and oxygen atoms in total. The van der Waals surface area contributed by atoms with Crippen molar-refractivity contribution in [3.8, 4) is 6.07 Å². The molecule has 6 aromatic rings. The molecule has 0 radical (unpaired) electrons. The van der Waals surface area contributed by atoms with Gasteiger partial charge in [-0.15, -0.1) is 0 Å². The molecular weight excluding hydrogens is 472 g/mol. The summed E-state index contributed by atoms with van der Waals surface area (Å²) in [5.41, 5.74) is 8.83. The molecule has 2 heteroatoms. The predicted molar refractivity (Wildman–Crippen MR) is 166 cm³/mol. The minimum atomic E-state index is 0.737. The minimum absolute atomic E-state index is 0.737. The van der Waals surface area contributed by atoms with Crippen LogP contribution in [0.1, 0.15) is 27.8 Å². The fraction of sp³-hybridized carbons (Fsp3) is 0.0541. The van der Waals surface area contributed by atoms with Crippen LogP contribution in [0.2, 0.25) is 0 Å². The van der Waals surface area contributed by atoms with E-state index in [1.807, 2.05) is 18.2 Å². The molecule has 0 N–H and O–H groups in total. The number of fused-ring (bicyclic) bond motifs is 2. The van der Waals surface area contributed by atoms with Gasteiger partial charge >= 0.3 is 0 Å². The van der Waals surface area contributed by atoms with Gasteiger partial charge in [0.15, 0.2) is 0 Å². The lowest BCUT2D eigenvalue weighted by molar-refractivity contribution is 1.27. The van der Waals surface area contributed by atoms with E-state index in [0.717, 1.165) is 55.3 Å². The molecule has 39 heavy (non-hydrogen) atoms. The van der Waals surface area contributed by atoms with Gasteiger partial charge in [0.2, 0.25) is 0 Å². The third-order valence-electron chi connectivity index (χ3n) is 7.20. The van der Waals surface area contributed by atoms with E-state index < -0.39 is 0 Å². The van der Waals surface area contributed by atoms with Crippen molar-refractivity contribution in [2.75, 3.05) is 4.90 Å². The summed E-state index contributed by atoms with van der Waals surface area (Å²) in [6.45, 7) is 4.22. The van der Waals surface area contributed by atoms with Gasteiger partial charge in [0, 0.05) is 27.8 Å². The van der Waals surface area contributed by atoms with Crippen molar-refractivity contribution >= 4 is 50.8 Å². The molecule has 0 aromatic heterocycles. The zero-order valence-corrected chi connectivity index (χ0v) is 22.1. The number of hydrogen-bond donors (Lipinski definition) is 0. The van der Waals surface area contributed by atoms with Crippen molar-refractivity contribution in [2.24, 2.45) is 0 Å². The van der Waals surface area contributed by atoms with Crippen LogP contribution in [-0.4, -0.2) is 0 Å². The summed E-state index contributed by atoms with van der Waals surface area (Å²) in [6.07, 6.45) is 4.27. The van der Waals surface area contributed by atoms with Gasteiger partial charge in [-0.2, -0.15) is 5.26 Å². The molecular formula is C37H28N2. The minimum Gasteiger partial charge on any atom is -0.311 e. The smallest absolute Gasteiger partial charge is 0.100 e. The van der Waals surface area contributed by atoms with E-state index in [1.165, 1.54) is 11.1 Å². The number of anilines is 3. The van der Waals surface area contributed by atoms with E-state index in [-0.39, 0.29) is 0 Å². The zero-order chi connectivity index (χ0) is 26.8. The monoisotopic (exact) mass is 500 g/mol. The largest absolute Gasteiger partial charge is 0.311 e. The molecule has 0 atom stereocenters. The van der Waals surface area contributed by atoms with Gasteiger partial charge in [-0.05, 0) is 84.3 Å². The SMILES string of the molecule is Cc1ccc(N(c2ccc(C)cc2)c2ccc(C=Cc3ccc4c(C#N)c5ccccc5cc4c3)cc2)cc1. The quantitative estimate of drug-likeness (QED) is 0.174. The molecule has 0 saturated carbocycles. The van der Waals surface area contributed by atoms with Crippen LogP contribution in [0.4, 0.5) is 17.1 Å². The lowest BCUT2D eigenvalue weighted by Crippen LogP contribution is -2.09. The third-order valence-corrected chi connectivity index (χ3v) is 7.20. The maximum Gasteiger partial charge on any atom is 0.100 e. The second-order valence-corrected chi connectivity index (χ2v) is 10.00. The van der Waals surface area contributed by atoms with E-state index in [2.05, 4.69) is 140 Å². The summed E-state index contributed by atoms with van der Waals surface area (Å²) in [5.74, 6) is 0. The highest BCUT2D eigenvalue weighted by atomic mass is 15.1. The van der Waals surface area contributed by atoms with Crippen molar-refractivity contribution in [1.82, 2.24) is 0 Å². The Hall–Kier alpha value is -5.13. The molecule has 0 heterocycles. The predicted octanol–water partition coefficient (Wildman–Crippen LogP) is 10.1. The van der Waals surface area contributed by atoms with Crippen molar-refractivity contribution in [3.63, 3.8) is 0 Å². The normalized spacial score (nSPS) is 11.2. The lowest BCUT2D eigenvalue weighted by atomic mass is 9.96. The number of benzene rings is 6. The summed E-state index contributed by atoms with van der Waals surface area (Å²) in [7, 11) is 0. The maximum absolute atomic E-state index is 9.82. The van der Waals surface area contributed by atoms with Crippen LogP contribution in [0.15, 0.2) is 121 Å². The van der Waals surface area contributed by atoms with Crippen LogP contribution in [0.5, 0.6) is 0 Å². The van der Waals surface area contributed by atoms with Gasteiger partial charge in [-0.25, -0.2) is 0 Å². The lowest BCUT2D eigenvalue weighted by Gasteiger charge is -2.25. The van der Waals surface area contributed by atoms with Crippen molar-refractivity contribution in [1.29, 1.82) is 5.26 Å². The van der Waals surface area contributed by atoms with Gasteiger partial charge in [-0.1, -0.05) is 96.1 Å². The Morgan fingerprint density at radius 2 is 1.05 bits per heavy atom. The first-order valence-electron chi connectivity index (χ1n) is 13.2. The summed E-state index contributed by atoms with van der Waals surface area (Å²) >= 11 is 0. The van der Waals surface area contributed by atoms with Crippen molar-refractivity contribution in [2.45, 2.75) is 13.8 Å². The van der Waals surface area contributed by atoms with E-state index in [4.69, 9.17) is 0 Å². The highest BCUT2D eigenvalue weighted by molar-refractivity contribution is 6.05. The molecule has 0 unspecified atom stereocenters. The molecule has 0 aliphatic heterocycles. The van der Waals surface area contributed by atoms with Crippen LogP contribution in [0, 0.1) is 25.2 Å². The molecule has 6 rings (SSSR count). The van der Waals surface area contributed by atoms with Crippen LogP contribution in [-0.2, 0) is 0 Å². The Balaban J connectivity index is 1.31. The number of aryl methyl sites for hydroxylation is 2. The third kappa shape index (κ3) is 4.91. The summed E-state index contributed by atoms with van der Waals surface area (Å²) < 4.78 is 0. The molecule has 186 valence electrons. The second-order valence-electron chi connectivity index (χ2n) is 10.00. The Bertz CT molecular complexity index is 1810. The Morgan fingerprint density at radius 1 is 0.538 bits per heavy atom. The van der Waals surface area contributed by atoms with E-state index in [9.17, 15) is 5.26 Å². The molecule has 0 amide bonds. The van der Waals surface area contributed by atoms with Crippen LogP contribution in [0.25, 0.3) is 33.7 Å². The highest BCUT2D eigenvalue weighted by Gasteiger charge is 2.12. The van der Waals surface area contributed by atoms with E-state index in [0.29, 0.717) is 0 Å². The van der Waals surface area contributed by atoms with Gasteiger partial charge in [0.25, 0.3) is 0 Å². The van der Waals surface area contributed by atoms with Crippen molar-refractivity contribution < 1.29 is 0 Å². The number of nitriles is 1. The molecule has 0 fully saturated rings. The molecule has 0 saturated heterocycles. The average molecular weight is 501 g/mol. The van der Waals surface area contributed by atoms with Gasteiger partial charge < -0.3 is 4.90 Å². The topological polar surface area (TPSA) is 27.0 Å². The number of rotatable bonds is 5. The van der Waals surface area contributed by atoms with Crippen LogP contribution >= 0.6 is 0 Å². The Kier molecular flexibility index (Phi) is 6.41. The summed E-state index contributed by atoms with van der Waals surface area (Å²) in [5, 5.41) is 14.0. The number of hydrogen-bond acceptors (Lipinski definition) is 2.